The molecule has 0 aliphatic heterocycles. The summed E-state index contributed by atoms with van der Waals surface area (Å²) < 4.78 is 0. The number of carboxylic acids is 1. The summed E-state index contributed by atoms with van der Waals surface area (Å²) in [4.78, 5) is 24.8. The SMILES string of the molecule is CCCCCCCCCC(=O)N(CC(=O)O)C(C)CCCC. The van der Waals surface area contributed by atoms with Crippen LogP contribution in [0.4, 0.5) is 0 Å². The zero-order valence-electron chi connectivity index (χ0n) is 14.8. The number of aliphatic carboxylic acids is 1. The molecule has 0 aromatic rings. The Morgan fingerprint density at radius 3 is 2.00 bits per heavy atom. The Hall–Kier alpha value is -1.06. The molecule has 0 spiro atoms. The summed E-state index contributed by atoms with van der Waals surface area (Å²) in [7, 11) is 0. The first-order valence-corrected chi connectivity index (χ1v) is 9.04. The number of hydrogen-bond acceptors (Lipinski definition) is 2. The van der Waals surface area contributed by atoms with Crippen LogP contribution in [0.3, 0.4) is 0 Å². The van der Waals surface area contributed by atoms with Crippen LogP contribution in [0, 0.1) is 0 Å². The van der Waals surface area contributed by atoms with E-state index in [-0.39, 0.29) is 18.5 Å². The fourth-order valence-electron chi connectivity index (χ4n) is 2.67. The van der Waals surface area contributed by atoms with E-state index >= 15 is 0 Å². The van der Waals surface area contributed by atoms with Gasteiger partial charge in [-0.2, -0.15) is 0 Å². The molecule has 0 aliphatic carbocycles. The molecular weight excluding hydrogens is 278 g/mol. The van der Waals surface area contributed by atoms with Gasteiger partial charge in [-0.05, 0) is 19.8 Å². The number of nitrogens with zero attached hydrogens (tertiary/aromatic N) is 1. The average molecular weight is 313 g/mol. The van der Waals surface area contributed by atoms with Gasteiger partial charge < -0.3 is 10.0 Å². The van der Waals surface area contributed by atoms with E-state index in [9.17, 15) is 9.59 Å². The first kappa shape index (κ1) is 20.9. The summed E-state index contributed by atoms with van der Waals surface area (Å²) in [6, 6.07) is 0.0214. The number of hydrogen-bond donors (Lipinski definition) is 1. The fourth-order valence-corrected chi connectivity index (χ4v) is 2.67. The van der Waals surface area contributed by atoms with Crippen molar-refractivity contribution in [3.8, 4) is 0 Å². The van der Waals surface area contributed by atoms with Gasteiger partial charge in [0.05, 0.1) is 0 Å². The second-order valence-electron chi connectivity index (χ2n) is 6.28. The first-order chi connectivity index (χ1) is 10.5. The van der Waals surface area contributed by atoms with Crippen molar-refractivity contribution in [2.75, 3.05) is 6.54 Å². The lowest BCUT2D eigenvalue weighted by atomic mass is 10.1. The van der Waals surface area contributed by atoms with Crippen LogP contribution in [0.15, 0.2) is 0 Å². The van der Waals surface area contributed by atoms with Crippen molar-refractivity contribution in [1.82, 2.24) is 4.90 Å². The molecule has 0 rings (SSSR count). The van der Waals surface area contributed by atoms with Crippen molar-refractivity contribution in [3.05, 3.63) is 0 Å². The largest absolute Gasteiger partial charge is 0.480 e. The Morgan fingerprint density at radius 1 is 0.909 bits per heavy atom. The molecule has 0 aromatic heterocycles. The number of carbonyl (C=O) groups is 2. The smallest absolute Gasteiger partial charge is 0.323 e. The van der Waals surface area contributed by atoms with Gasteiger partial charge in [-0.1, -0.05) is 65.2 Å². The minimum Gasteiger partial charge on any atom is -0.480 e. The van der Waals surface area contributed by atoms with Gasteiger partial charge in [-0.3, -0.25) is 9.59 Å². The molecule has 4 nitrogen and oxygen atoms in total. The van der Waals surface area contributed by atoms with E-state index in [0.717, 1.165) is 32.1 Å². The predicted molar refractivity (Wildman–Crippen MR) is 90.9 cm³/mol. The van der Waals surface area contributed by atoms with Crippen molar-refractivity contribution in [1.29, 1.82) is 0 Å². The molecule has 1 unspecified atom stereocenters. The summed E-state index contributed by atoms with van der Waals surface area (Å²) in [5.41, 5.74) is 0. The van der Waals surface area contributed by atoms with Gasteiger partial charge in [0.25, 0.3) is 0 Å². The highest BCUT2D eigenvalue weighted by molar-refractivity contribution is 5.81. The zero-order chi connectivity index (χ0) is 16.8. The molecule has 0 saturated carbocycles. The molecule has 1 atom stereocenters. The number of carbonyl (C=O) groups excluding carboxylic acids is 1. The number of carboxylic acid groups (broad SMARTS) is 1. The summed E-state index contributed by atoms with van der Waals surface area (Å²) in [6.45, 7) is 6.10. The maximum absolute atomic E-state index is 12.3. The third-order valence-corrected chi connectivity index (χ3v) is 4.13. The second-order valence-corrected chi connectivity index (χ2v) is 6.28. The van der Waals surface area contributed by atoms with E-state index in [4.69, 9.17) is 5.11 Å². The van der Waals surface area contributed by atoms with Crippen molar-refractivity contribution in [2.45, 2.75) is 97.4 Å². The van der Waals surface area contributed by atoms with Crippen LogP contribution in [0.1, 0.15) is 91.4 Å². The Balaban J connectivity index is 4.08. The Kier molecular flexibility index (Phi) is 12.9. The third kappa shape index (κ3) is 10.6. The van der Waals surface area contributed by atoms with Crippen LogP contribution in [0.25, 0.3) is 0 Å². The Bertz CT molecular complexity index is 305. The maximum Gasteiger partial charge on any atom is 0.323 e. The number of rotatable bonds is 14. The highest BCUT2D eigenvalue weighted by Gasteiger charge is 2.21. The topological polar surface area (TPSA) is 57.6 Å². The average Bonchev–Trinajstić information content (AvgIpc) is 2.48. The van der Waals surface area contributed by atoms with Crippen molar-refractivity contribution in [2.24, 2.45) is 0 Å². The standard InChI is InChI=1S/C18H35NO3/c1-4-6-8-9-10-11-12-14-17(20)19(15-18(21)22)16(3)13-7-5-2/h16H,4-15H2,1-3H3,(H,21,22). The molecule has 130 valence electrons. The van der Waals surface area contributed by atoms with E-state index in [1.807, 2.05) is 6.92 Å². The molecule has 22 heavy (non-hydrogen) atoms. The van der Waals surface area contributed by atoms with Crippen LogP contribution in [-0.4, -0.2) is 34.5 Å². The maximum atomic E-state index is 12.3. The minimum absolute atomic E-state index is 0.000406. The van der Waals surface area contributed by atoms with Crippen LogP contribution >= 0.6 is 0 Å². The molecule has 1 amide bonds. The lowest BCUT2D eigenvalue weighted by Crippen LogP contribution is -2.42. The van der Waals surface area contributed by atoms with Crippen molar-refractivity contribution < 1.29 is 14.7 Å². The van der Waals surface area contributed by atoms with Crippen molar-refractivity contribution >= 4 is 11.9 Å². The van der Waals surface area contributed by atoms with Gasteiger partial charge in [0, 0.05) is 12.5 Å². The molecule has 0 saturated heterocycles. The summed E-state index contributed by atoms with van der Waals surface area (Å²) in [5, 5.41) is 9.01. The fraction of sp³-hybridized carbons (Fsp3) is 0.889. The first-order valence-electron chi connectivity index (χ1n) is 9.04. The summed E-state index contributed by atoms with van der Waals surface area (Å²) in [5.74, 6) is -0.921. The van der Waals surface area contributed by atoms with Crippen LogP contribution in [0.5, 0.6) is 0 Å². The van der Waals surface area contributed by atoms with Gasteiger partial charge in [-0.25, -0.2) is 0 Å². The van der Waals surface area contributed by atoms with Crippen LogP contribution < -0.4 is 0 Å². The minimum atomic E-state index is -0.920. The van der Waals surface area contributed by atoms with Gasteiger partial charge >= 0.3 is 5.97 Å². The molecule has 0 bridgehead atoms. The molecule has 0 fully saturated rings. The van der Waals surface area contributed by atoms with Gasteiger partial charge in [-0.15, -0.1) is 0 Å². The molecule has 1 N–H and O–H groups in total. The molecule has 4 heteroatoms. The normalized spacial score (nSPS) is 12.1. The van der Waals surface area contributed by atoms with E-state index < -0.39 is 5.97 Å². The van der Waals surface area contributed by atoms with E-state index in [0.29, 0.717) is 6.42 Å². The highest BCUT2D eigenvalue weighted by atomic mass is 16.4. The van der Waals surface area contributed by atoms with Gasteiger partial charge in [0.15, 0.2) is 0 Å². The van der Waals surface area contributed by atoms with Crippen LogP contribution in [0.2, 0.25) is 0 Å². The van der Waals surface area contributed by atoms with Crippen LogP contribution in [-0.2, 0) is 9.59 Å². The quantitative estimate of drug-likeness (QED) is 0.476. The van der Waals surface area contributed by atoms with Gasteiger partial charge in [0.1, 0.15) is 6.54 Å². The number of amides is 1. The second kappa shape index (κ2) is 13.6. The summed E-state index contributed by atoms with van der Waals surface area (Å²) in [6.07, 6.45) is 11.7. The monoisotopic (exact) mass is 313 g/mol. The Labute approximate surface area is 136 Å². The highest BCUT2D eigenvalue weighted by Crippen LogP contribution is 2.13. The predicted octanol–water partition coefficient (Wildman–Crippen LogP) is 4.62. The summed E-state index contributed by atoms with van der Waals surface area (Å²) >= 11 is 0. The molecule has 0 heterocycles. The van der Waals surface area contributed by atoms with Crippen molar-refractivity contribution in [3.63, 3.8) is 0 Å². The van der Waals surface area contributed by atoms with E-state index in [1.165, 1.54) is 32.1 Å². The lowest BCUT2D eigenvalue weighted by molar-refractivity contribution is -0.146. The lowest BCUT2D eigenvalue weighted by Gasteiger charge is -2.28. The molecule has 0 aliphatic rings. The number of unbranched alkanes of at least 4 members (excludes halogenated alkanes) is 7. The Morgan fingerprint density at radius 2 is 1.45 bits per heavy atom. The van der Waals surface area contributed by atoms with E-state index in [2.05, 4.69) is 13.8 Å². The molecule has 0 aromatic carbocycles. The van der Waals surface area contributed by atoms with Gasteiger partial charge in [0.2, 0.25) is 5.91 Å². The zero-order valence-corrected chi connectivity index (χ0v) is 14.8. The van der Waals surface area contributed by atoms with E-state index in [1.54, 1.807) is 4.90 Å². The molecule has 0 radical (unpaired) electrons. The molecular formula is C18H35NO3. The third-order valence-electron chi connectivity index (χ3n) is 4.13.